The second-order valence-corrected chi connectivity index (χ2v) is 12.8. The largest absolute Gasteiger partial charge is 1.00 e. The maximum absolute atomic E-state index is 13.6. The Morgan fingerprint density at radius 3 is 0.915 bits per heavy atom. The van der Waals surface area contributed by atoms with E-state index < -0.39 is 113 Å². The van der Waals surface area contributed by atoms with Crippen molar-refractivity contribution < 1.29 is 239 Å². The molecule has 0 amide bonds. The summed E-state index contributed by atoms with van der Waals surface area (Å²) in [5.74, 6) is -15.4. The maximum Gasteiger partial charge on any atom is 1.00 e. The van der Waals surface area contributed by atoms with Crippen LogP contribution in [0.25, 0.3) is 0 Å². The molecule has 0 rings (SSSR count). The van der Waals surface area contributed by atoms with Gasteiger partial charge in [-0.25, -0.2) is 29.6 Å². The number of hydrogen-bond donors (Lipinski definition) is 0. The Bertz CT molecular complexity index is 1790. The average Bonchev–Trinajstić information content (AvgIpc) is 2.88. The summed E-state index contributed by atoms with van der Waals surface area (Å²) in [6.07, 6.45) is -55.1. The van der Waals surface area contributed by atoms with E-state index >= 15 is 0 Å². The van der Waals surface area contributed by atoms with Gasteiger partial charge in [0.05, 0.1) is 0 Å². The molecule has 0 bridgehead atoms. The molecule has 0 saturated carbocycles. The molecule has 13 nitrogen and oxygen atoms in total. The molecule has 45 heteroatoms. The van der Waals surface area contributed by atoms with Crippen molar-refractivity contribution in [3.05, 3.63) is 12.1 Å². The first kappa shape index (κ1) is 67.6. The van der Waals surface area contributed by atoms with Gasteiger partial charge in [-0.05, 0) is 0 Å². The Hall–Kier alpha value is -0.475. The van der Waals surface area contributed by atoms with E-state index in [1.54, 1.807) is 4.74 Å². The van der Waals surface area contributed by atoms with Crippen LogP contribution in [0.5, 0.6) is 0 Å². The van der Waals surface area contributed by atoms with Crippen LogP contribution in [-0.2, 0) is 49.3 Å². The van der Waals surface area contributed by atoms with Crippen molar-refractivity contribution in [1.82, 2.24) is 0 Å². The van der Waals surface area contributed by atoms with Gasteiger partial charge in [-0.3, -0.25) is 14.2 Å². The van der Waals surface area contributed by atoms with Crippen LogP contribution in [0.2, 0.25) is 0 Å². The minimum Gasteiger partial charge on any atom is -0.743 e. The fourth-order valence-electron chi connectivity index (χ4n) is 1.93. The fraction of sp³-hybridized carbons (Fsp3) is 0.857. The van der Waals surface area contributed by atoms with Crippen molar-refractivity contribution in [3.63, 3.8) is 0 Å². The SMILES string of the molecule is O=S(=O)([O-])C(F)(F)C(F)(F)OC(F)(C(F)(F)F)C(F)(F)OC(F)=C(F)F.O=S(=O)([O-])C(F)(F)C(F)OC(F)(F)C(F)(OC(F)(F)C(F)(F)S(=O)(=O)[O-])C(F)(F)F.[Li+].[Li+].[Na+]. The Kier molecular flexibility index (Phi) is 22.6. The standard InChI is InChI=1S/C7H3F13O8S2.C7HF13O5S.2Li.Na/c8-1(2(9,10)29(21,22)23)27-5(15,16)3(11,4(12,13)14)28-6(17,18)7(19,20)30(24,25)26;8-1(9)2(10)24-5(15,16)3(11,4(12,13)14)25-6(17,18)7(19,20)26(21,22)23;;;/h1H,(H,21,22,23)(H,24,25,26);(H,21,22,23);;;/q;;3*+1/p-3. The number of alkyl halides is 23. The van der Waals surface area contributed by atoms with Crippen molar-refractivity contribution in [3.8, 4) is 0 Å². The number of hydrogen-bond acceptors (Lipinski definition) is 13. The maximum atomic E-state index is 13.6. The van der Waals surface area contributed by atoms with E-state index in [0.717, 1.165) is 0 Å². The zero-order valence-corrected chi connectivity index (χ0v) is 30.9. The van der Waals surface area contributed by atoms with Crippen LogP contribution in [0.1, 0.15) is 0 Å². The van der Waals surface area contributed by atoms with Gasteiger partial charge in [0.15, 0.2) is 30.4 Å². The van der Waals surface area contributed by atoms with E-state index in [1.165, 1.54) is 9.47 Å². The summed E-state index contributed by atoms with van der Waals surface area (Å²) < 4.78 is 425. The first-order valence-electron chi connectivity index (χ1n) is 10.8. The molecule has 3 unspecified atom stereocenters. The molecule has 338 valence electrons. The quantitative estimate of drug-likeness (QED) is 0.0642. The van der Waals surface area contributed by atoms with Crippen molar-refractivity contribution >= 4 is 30.4 Å². The van der Waals surface area contributed by atoms with Gasteiger partial charge in [0.25, 0.3) is 6.36 Å². The molecule has 0 aliphatic heterocycles. The zero-order valence-electron chi connectivity index (χ0n) is 26.4. The van der Waals surface area contributed by atoms with Gasteiger partial charge in [0.2, 0.25) is 0 Å². The van der Waals surface area contributed by atoms with Crippen molar-refractivity contribution in [1.29, 1.82) is 0 Å². The Labute approximate surface area is 350 Å². The summed E-state index contributed by atoms with van der Waals surface area (Å²) in [6.45, 7) is 0. The topological polar surface area (TPSA) is 209 Å². The molecule has 0 aromatic rings. The van der Waals surface area contributed by atoms with Gasteiger partial charge in [-0.15, -0.1) is 0 Å². The number of rotatable bonds is 16. The van der Waals surface area contributed by atoms with Crippen molar-refractivity contribution in [2.24, 2.45) is 0 Å². The van der Waals surface area contributed by atoms with E-state index in [9.17, 15) is 153 Å². The fourth-order valence-corrected chi connectivity index (χ4v) is 2.87. The van der Waals surface area contributed by atoms with Gasteiger partial charge in [-0.1, -0.05) is 0 Å². The van der Waals surface area contributed by atoms with E-state index in [-0.39, 0.29) is 67.3 Å². The molecule has 0 aliphatic rings. The summed E-state index contributed by atoms with van der Waals surface area (Å²) in [6, 6.07) is -3.96. The second-order valence-electron chi connectivity index (χ2n) is 8.49. The summed E-state index contributed by atoms with van der Waals surface area (Å²) >= 11 is 0. The molecule has 0 N–H and O–H groups in total. The Morgan fingerprint density at radius 2 is 0.712 bits per heavy atom. The Morgan fingerprint density at radius 1 is 0.458 bits per heavy atom. The third kappa shape index (κ3) is 14.0. The van der Waals surface area contributed by atoms with Crippen LogP contribution in [0.4, 0.5) is 114 Å². The molecule has 0 fully saturated rings. The van der Waals surface area contributed by atoms with E-state index in [4.69, 9.17) is 0 Å². The molecule has 0 aliphatic carbocycles. The summed E-state index contributed by atoms with van der Waals surface area (Å²) in [5.41, 5.74) is 0. The van der Waals surface area contributed by atoms with Crippen LogP contribution in [0.15, 0.2) is 12.1 Å². The Balaban J connectivity index is -0.000000316. The second kappa shape index (κ2) is 19.7. The van der Waals surface area contributed by atoms with Gasteiger partial charge < -0.3 is 18.4 Å². The molecular formula is C14HF26Li2NaO13S3. The summed E-state index contributed by atoms with van der Waals surface area (Å²) in [7, 11) is -22.8. The van der Waals surface area contributed by atoms with Crippen molar-refractivity contribution in [2.75, 3.05) is 0 Å². The number of halogens is 26. The van der Waals surface area contributed by atoms with Crippen molar-refractivity contribution in [2.45, 2.75) is 70.6 Å². The average molecular weight is 1000 g/mol. The first-order chi connectivity index (χ1) is 23.6. The molecule has 0 saturated heterocycles. The third-order valence-corrected chi connectivity index (χ3v) is 7.12. The van der Waals surface area contributed by atoms with Crippen LogP contribution in [0, 0.1) is 0 Å². The molecule has 59 heavy (non-hydrogen) atoms. The molecule has 0 aromatic carbocycles. The van der Waals surface area contributed by atoms with Crippen LogP contribution < -0.4 is 67.3 Å². The zero-order chi connectivity index (χ0) is 46.6. The summed E-state index contributed by atoms with van der Waals surface area (Å²) in [5, 5.41) is -21.4. The first-order valence-corrected chi connectivity index (χ1v) is 15.0. The molecule has 3 atom stereocenters. The predicted molar refractivity (Wildman–Crippen MR) is 103 cm³/mol. The minimum atomic E-state index is -7.84. The molecule has 0 aromatic heterocycles. The monoisotopic (exact) mass is 1000 g/mol. The van der Waals surface area contributed by atoms with Crippen LogP contribution in [0.3, 0.4) is 0 Å². The third-order valence-electron chi connectivity index (χ3n) is 4.54. The number of ether oxygens (including phenoxy) is 4. The van der Waals surface area contributed by atoms with E-state index in [2.05, 4.69) is 0 Å². The summed E-state index contributed by atoms with van der Waals surface area (Å²) in [4.78, 5) is 0. The smallest absolute Gasteiger partial charge is 0.743 e. The van der Waals surface area contributed by atoms with E-state index in [1.807, 2.05) is 4.74 Å². The minimum absolute atomic E-state index is 0. The normalized spacial score (nSPS) is 17.0. The van der Waals surface area contributed by atoms with Gasteiger partial charge >= 0.3 is 144 Å². The molecule has 0 spiro atoms. The van der Waals surface area contributed by atoms with Gasteiger partial charge in [-0.2, -0.15) is 110 Å². The predicted octanol–water partition coefficient (Wildman–Crippen LogP) is -3.38. The van der Waals surface area contributed by atoms with Gasteiger partial charge in [0.1, 0.15) is 0 Å². The van der Waals surface area contributed by atoms with Gasteiger partial charge in [0, 0.05) is 0 Å². The molecular weight excluding hydrogens is 1000 g/mol. The molecule has 0 radical (unpaired) electrons. The van der Waals surface area contributed by atoms with E-state index in [0.29, 0.717) is 0 Å². The van der Waals surface area contributed by atoms with Crippen LogP contribution >= 0.6 is 0 Å². The van der Waals surface area contributed by atoms with Crippen LogP contribution in [-0.4, -0.2) is 110 Å². The molecule has 0 heterocycles.